The van der Waals surface area contributed by atoms with Crippen LogP contribution < -0.4 is 0 Å². The van der Waals surface area contributed by atoms with Crippen LogP contribution in [0.15, 0.2) is 18.2 Å². The van der Waals surface area contributed by atoms with E-state index in [0.29, 0.717) is 0 Å². The molecule has 2 rings (SSSR count). The lowest BCUT2D eigenvalue weighted by molar-refractivity contribution is 0.166. The number of aliphatic hydroxyl groups is 1. The van der Waals surface area contributed by atoms with E-state index in [2.05, 4.69) is 32.0 Å². The Hall–Kier alpha value is -0.470. The second-order valence-electron chi connectivity index (χ2n) is 6.05. The Morgan fingerprint density at radius 1 is 1.16 bits per heavy atom. The third-order valence-corrected chi connectivity index (χ3v) is 5.10. The minimum Gasteiger partial charge on any atom is -0.392 e. The van der Waals surface area contributed by atoms with E-state index in [1.807, 2.05) is 11.8 Å². The van der Waals surface area contributed by atoms with Gasteiger partial charge >= 0.3 is 0 Å². The summed E-state index contributed by atoms with van der Waals surface area (Å²) in [5.41, 5.74) is 4.06. The Bertz CT molecular complexity index is 376. The van der Waals surface area contributed by atoms with Crippen LogP contribution in [0.1, 0.15) is 48.8 Å². The van der Waals surface area contributed by atoms with Gasteiger partial charge in [-0.2, -0.15) is 11.8 Å². The minimum absolute atomic E-state index is 0.112. The van der Waals surface area contributed by atoms with Crippen molar-refractivity contribution in [3.05, 3.63) is 34.9 Å². The number of benzene rings is 1. The van der Waals surface area contributed by atoms with Gasteiger partial charge in [0.1, 0.15) is 0 Å². The van der Waals surface area contributed by atoms with Crippen LogP contribution >= 0.6 is 11.8 Å². The summed E-state index contributed by atoms with van der Waals surface area (Å²) in [6, 6.07) is 6.72. The Morgan fingerprint density at radius 2 is 1.79 bits per heavy atom. The number of aryl methyl sites for hydroxylation is 2. The van der Waals surface area contributed by atoms with E-state index in [-0.39, 0.29) is 6.10 Å². The first-order valence-electron chi connectivity index (χ1n) is 7.46. The zero-order valence-corrected chi connectivity index (χ0v) is 13.0. The quantitative estimate of drug-likeness (QED) is 0.828. The summed E-state index contributed by atoms with van der Waals surface area (Å²) >= 11 is 1.87. The summed E-state index contributed by atoms with van der Waals surface area (Å²) in [6.45, 7) is 4.30. The molecule has 0 heterocycles. The van der Waals surface area contributed by atoms with E-state index in [9.17, 15) is 5.11 Å². The van der Waals surface area contributed by atoms with Crippen molar-refractivity contribution in [2.75, 3.05) is 5.75 Å². The van der Waals surface area contributed by atoms with Crippen LogP contribution in [0, 0.1) is 19.8 Å². The lowest BCUT2D eigenvalue weighted by Crippen LogP contribution is -2.14. The molecule has 0 bridgehead atoms. The molecule has 106 valence electrons. The first-order valence-corrected chi connectivity index (χ1v) is 8.62. The highest BCUT2D eigenvalue weighted by Crippen LogP contribution is 2.29. The molecule has 0 saturated heterocycles. The Labute approximate surface area is 121 Å². The molecule has 1 fully saturated rings. The number of hydrogen-bond acceptors (Lipinski definition) is 2. The second kappa shape index (κ2) is 7.35. The Balaban J connectivity index is 1.70. The highest BCUT2D eigenvalue weighted by Gasteiger charge is 2.18. The predicted octanol–water partition coefficient (Wildman–Crippen LogP) is 4.48. The highest BCUT2D eigenvalue weighted by atomic mass is 32.2. The zero-order valence-electron chi connectivity index (χ0n) is 12.2. The summed E-state index contributed by atoms with van der Waals surface area (Å²) in [6.07, 6.45) is 6.30. The molecular weight excluding hydrogens is 252 g/mol. The van der Waals surface area contributed by atoms with Crippen molar-refractivity contribution in [3.8, 4) is 0 Å². The predicted molar refractivity (Wildman–Crippen MR) is 84.7 cm³/mol. The smallest absolute Gasteiger partial charge is 0.0633 e. The summed E-state index contributed by atoms with van der Waals surface area (Å²) in [7, 11) is 0. The van der Waals surface area contributed by atoms with Crippen molar-refractivity contribution >= 4 is 11.8 Å². The largest absolute Gasteiger partial charge is 0.392 e. The van der Waals surface area contributed by atoms with Gasteiger partial charge in [0.15, 0.2) is 0 Å². The van der Waals surface area contributed by atoms with Gasteiger partial charge in [-0.05, 0) is 31.7 Å². The standard InChI is InChI=1S/C17H26OS/c1-13-7-14(2)9-16(8-13)11-19-12-17(18)10-15-5-3-4-6-15/h7-9,15,17-18H,3-6,10-12H2,1-2H3. The van der Waals surface area contributed by atoms with Gasteiger partial charge in [-0.15, -0.1) is 0 Å². The Kier molecular flexibility index (Phi) is 5.77. The maximum absolute atomic E-state index is 10.1. The molecule has 1 aromatic rings. The highest BCUT2D eigenvalue weighted by molar-refractivity contribution is 7.98. The fourth-order valence-corrected chi connectivity index (χ4v) is 4.09. The normalized spacial score (nSPS) is 17.8. The third kappa shape index (κ3) is 5.19. The summed E-state index contributed by atoms with van der Waals surface area (Å²) in [5.74, 6) is 2.69. The molecule has 0 amide bonds. The lowest BCUT2D eigenvalue weighted by Gasteiger charge is -2.15. The molecule has 1 N–H and O–H groups in total. The van der Waals surface area contributed by atoms with Gasteiger partial charge in [0.05, 0.1) is 6.10 Å². The molecule has 2 heteroatoms. The summed E-state index contributed by atoms with van der Waals surface area (Å²) in [5, 5.41) is 10.1. The molecule has 0 radical (unpaired) electrons. The van der Waals surface area contributed by atoms with Gasteiger partial charge in [0, 0.05) is 11.5 Å². The van der Waals surface area contributed by atoms with Crippen LogP contribution in [0.2, 0.25) is 0 Å². The summed E-state index contributed by atoms with van der Waals surface area (Å²) < 4.78 is 0. The minimum atomic E-state index is -0.112. The van der Waals surface area contributed by atoms with Crippen LogP contribution in [-0.2, 0) is 5.75 Å². The van der Waals surface area contributed by atoms with E-state index in [1.54, 1.807) is 0 Å². The maximum Gasteiger partial charge on any atom is 0.0633 e. The van der Waals surface area contributed by atoms with Crippen LogP contribution in [0.25, 0.3) is 0 Å². The number of rotatable bonds is 6. The number of hydrogen-bond donors (Lipinski definition) is 1. The van der Waals surface area contributed by atoms with Gasteiger partial charge < -0.3 is 5.11 Å². The van der Waals surface area contributed by atoms with Gasteiger partial charge in [-0.3, -0.25) is 0 Å². The van der Waals surface area contributed by atoms with Crippen molar-refractivity contribution in [1.82, 2.24) is 0 Å². The van der Waals surface area contributed by atoms with Crippen LogP contribution in [-0.4, -0.2) is 17.0 Å². The van der Waals surface area contributed by atoms with Gasteiger partial charge in [0.2, 0.25) is 0 Å². The third-order valence-electron chi connectivity index (χ3n) is 3.94. The maximum atomic E-state index is 10.1. The Morgan fingerprint density at radius 3 is 2.42 bits per heavy atom. The molecule has 1 aliphatic rings. The number of thioether (sulfide) groups is 1. The van der Waals surface area contributed by atoms with E-state index in [4.69, 9.17) is 0 Å². The van der Waals surface area contributed by atoms with Crippen LogP contribution in [0.3, 0.4) is 0 Å². The van der Waals surface area contributed by atoms with Crippen LogP contribution in [0.5, 0.6) is 0 Å². The molecule has 1 aromatic carbocycles. The average Bonchev–Trinajstić information content (AvgIpc) is 2.80. The topological polar surface area (TPSA) is 20.2 Å². The van der Waals surface area contributed by atoms with Crippen molar-refractivity contribution < 1.29 is 5.11 Å². The van der Waals surface area contributed by atoms with Gasteiger partial charge in [-0.1, -0.05) is 55.0 Å². The van der Waals surface area contributed by atoms with Crippen molar-refractivity contribution in [1.29, 1.82) is 0 Å². The molecule has 0 aliphatic heterocycles. The van der Waals surface area contributed by atoms with Crippen LogP contribution in [0.4, 0.5) is 0 Å². The van der Waals surface area contributed by atoms with Crippen molar-refractivity contribution in [2.24, 2.45) is 5.92 Å². The molecular formula is C17H26OS. The fraction of sp³-hybridized carbons (Fsp3) is 0.647. The van der Waals surface area contributed by atoms with E-state index in [1.165, 1.54) is 42.4 Å². The monoisotopic (exact) mass is 278 g/mol. The zero-order chi connectivity index (χ0) is 13.7. The molecule has 1 unspecified atom stereocenters. The SMILES string of the molecule is Cc1cc(C)cc(CSCC(O)CC2CCCC2)c1. The van der Waals surface area contributed by atoms with Gasteiger partial charge in [-0.25, -0.2) is 0 Å². The second-order valence-corrected chi connectivity index (χ2v) is 7.08. The number of aliphatic hydroxyl groups excluding tert-OH is 1. The molecule has 19 heavy (non-hydrogen) atoms. The average molecular weight is 278 g/mol. The van der Waals surface area contributed by atoms with Crippen molar-refractivity contribution in [2.45, 2.75) is 57.8 Å². The first kappa shape index (κ1) is 14.9. The summed E-state index contributed by atoms with van der Waals surface area (Å²) in [4.78, 5) is 0. The van der Waals surface area contributed by atoms with E-state index < -0.39 is 0 Å². The van der Waals surface area contributed by atoms with E-state index in [0.717, 1.165) is 23.8 Å². The molecule has 0 spiro atoms. The molecule has 0 aromatic heterocycles. The fourth-order valence-electron chi connectivity index (χ4n) is 3.16. The first-order chi connectivity index (χ1) is 9.13. The molecule has 1 aliphatic carbocycles. The lowest BCUT2D eigenvalue weighted by atomic mass is 10.0. The van der Waals surface area contributed by atoms with Gasteiger partial charge in [0.25, 0.3) is 0 Å². The molecule has 1 saturated carbocycles. The van der Waals surface area contributed by atoms with E-state index >= 15 is 0 Å². The molecule has 1 atom stereocenters. The van der Waals surface area contributed by atoms with Crippen molar-refractivity contribution in [3.63, 3.8) is 0 Å². The molecule has 1 nitrogen and oxygen atoms in total.